The molecule has 2 aliphatic rings. The van der Waals surface area contributed by atoms with Crippen LogP contribution in [-0.2, 0) is 18.6 Å². The number of hydrogen-bond donors (Lipinski definition) is 4. The molecule has 0 bridgehead atoms. The van der Waals surface area contributed by atoms with Gasteiger partial charge in [0.1, 0.15) is 0 Å². The molecule has 0 spiro atoms. The lowest BCUT2D eigenvalue weighted by Crippen LogP contribution is -2.48. The highest BCUT2D eigenvalue weighted by atomic mass is 35.5. The molecule has 1 saturated carbocycles. The maximum Gasteiger partial charge on any atom is 0.404 e. The summed E-state index contributed by atoms with van der Waals surface area (Å²) in [7, 11) is 0. The van der Waals surface area contributed by atoms with Crippen molar-refractivity contribution in [3.8, 4) is 11.1 Å². The van der Waals surface area contributed by atoms with E-state index in [-0.39, 0.29) is 18.4 Å². The van der Waals surface area contributed by atoms with Crippen LogP contribution in [0.1, 0.15) is 91.8 Å². The van der Waals surface area contributed by atoms with E-state index in [1.807, 2.05) is 59.5 Å². The number of nitrogens with one attached hydrogen (secondary N) is 2. The number of carboxylic acid groups (broad SMARTS) is 1. The Morgan fingerprint density at radius 1 is 0.957 bits per heavy atom. The Kier molecular flexibility index (Phi) is 11.8. The highest BCUT2D eigenvalue weighted by Crippen LogP contribution is 2.45. The third-order valence-electron chi connectivity index (χ3n) is 9.90. The molecule has 5 rings (SSSR count). The lowest BCUT2D eigenvalue weighted by Gasteiger charge is -2.44. The summed E-state index contributed by atoms with van der Waals surface area (Å²) in [6.45, 7) is 4.15. The Labute approximate surface area is 278 Å². The van der Waals surface area contributed by atoms with E-state index in [4.69, 9.17) is 16.7 Å². The van der Waals surface area contributed by atoms with Crippen molar-refractivity contribution in [1.29, 1.82) is 0 Å². The van der Waals surface area contributed by atoms with Crippen LogP contribution in [0.4, 0.5) is 4.79 Å². The van der Waals surface area contributed by atoms with Crippen LogP contribution in [0.15, 0.2) is 66.7 Å². The number of amides is 2. The lowest BCUT2D eigenvalue weighted by molar-refractivity contribution is -0.0563. The lowest BCUT2D eigenvalue weighted by atomic mass is 9.72. The highest BCUT2D eigenvalue weighted by Gasteiger charge is 2.43. The largest absolute Gasteiger partial charge is 0.465 e. The molecule has 3 aromatic rings. The third kappa shape index (κ3) is 8.30. The summed E-state index contributed by atoms with van der Waals surface area (Å²) < 4.78 is 0. The standard InChI is InChI=1S/C38H48ClN3O4/c1-2-27-10-6-11-30(24-27)35-33(15-7-16-34(35)39)38(46,21-9-22-40-37(44)45)31-12-8-23-42(26-31)36(43)29-19-17-28(18-20-29)25-41-32-13-4-3-5-14-32/h6-7,10-11,15-20,24,31-32,40-41,46H,2-5,8-9,12-14,21-23,25-26H2,1H3,(H,44,45)/t31-,38+/m1/s1. The quantitative estimate of drug-likeness (QED) is 0.151. The SMILES string of the molecule is CCc1cccc(-c2c(Cl)cccc2[C@](O)(CCCNC(=O)O)[C@@H]2CCCN(C(=O)c3ccc(CNC4CCCCC4)cc3)C2)c1. The van der Waals surface area contributed by atoms with Gasteiger partial charge in [-0.05, 0) is 85.4 Å². The summed E-state index contributed by atoms with van der Waals surface area (Å²) in [6.07, 6.45) is 8.42. The molecule has 8 heteroatoms. The molecule has 0 unspecified atom stereocenters. The second-order valence-corrected chi connectivity index (χ2v) is 13.4. The Morgan fingerprint density at radius 3 is 2.46 bits per heavy atom. The zero-order valence-corrected chi connectivity index (χ0v) is 27.7. The van der Waals surface area contributed by atoms with Gasteiger partial charge in [-0.3, -0.25) is 4.79 Å². The molecule has 1 heterocycles. The van der Waals surface area contributed by atoms with Crippen molar-refractivity contribution in [2.24, 2.45) is 5.92 Å². The molecule has 3 aromatic carbocycles. The van der Waals surface area contributed by atoms with E-state index in [2.05, 4.69) is 29.7 Å². The minimum Gasteiger partial charge on any atom is -0.465 e. The number of benzene rings is 3. The monoisotopic (exact) mass is 645 g/mol. The number of nitrogens with zero attached hydrogens (tertiary/aromatic N) is 1. The zero-order valence-electron chi connectivity index (χ0n) is 26.9. The van der Waals surface area contributed by atoms with Gasteiger partial charge in [0.05, 0.1) is 5.60 Å². The first kappa shape index (κ1) is 34.0. The smallest absolute Gasteiger partial charge is 0.404 e. The van der Waals surface area contributed by atoms with E-state index in [9.17, 15) is 14.7 Å². The fourth-order valence-electron chi connectivity index (χ4n) is 7.31. The van der Waals surface area contributed by atoms with Gasteiger partial charge in [0.25, 0.3) is 5.91 Å². The van der Waals surface area contributed by atoms with Crippen LogP contribution >= 0.6 is 11.6 Å². The minimum atomic E-state index is -1.34. The molecule has 1 aliphatic heterocycles. The number of piperidine rings is 1. The van der Waals surface area contributed by atoms with Gasteiger partial charge in [-0.15, -0.1) is 0 Å². The molecule has 1 aliphatic carbocycles. The Balaban J connectivity index is 1.38. The van der Waals surface area contributed by atoms with Crippen molar-refractivity contribution in [3.63, 3.8) is 0 Å². The van der Waals surface area contributed by atoms with E-state index in [1.54, 1.807) is 0 Å². The van der Waals surface area contributed by atoms with Gasteiger partial charge in [0.15, 0.2) is 0 Å². The molecule has 0 radical (unpaired) electrons. The number of carbonyl (C=O) groups excluding carboxylic acids is 1. The normalized spacial score (nSPS) is 18.6. The molecule has 2 amide bonds. The minimum absolute atomic E-state index is 0.0339. The average molecular weight is 646 g/mol. The number of rotatable bonds is 12. The van der Waals surface area contributed by atoms with E-state index < -0.39 is 11.7 Å². The van der Waals surface area contributed by atoms with Gasteiger partial charge in [0.2, 0.25) is 0 Å². The third-order valence-corrected chi connectivity index (χ3v) is 10.2. The predicted molar refractivity (Wildman–Crippen MR) is 184 cm³/mol. The maximum absolute atomic E-state index is 13.8. The van der Waals surface area contributed by atoms with Crippen LogP contribution < -0.4 is 10.6 Å². The fraction of sp³-hybridized carbons (Fsp3) is 0.474. The summed E-state index contributed by atoms with van der Waals surface area (Å²) in [5, 5.41) is 28.6. The molecule has 46 heavy (non-hydrogen) atoms. The molecule has 4 N–H and O–H groups in total. The number of carbonyl (C=O) groups is 2. The van der Waals surface area contributed by atoms with E-state index in [1.165, 1.54) is 43.2 Å². The second kappa shape index (κ2) is 15.9. The van der Waals surface area contributed by atoms with Crippen molar-refractivity contribution < 1.29 is 19.8 Å². The Bertz CT molecular complexity index is 1470. The summed E-state index contributed by atoms with van der Waals surface area (Å²) in [5.41, 5.74) is 4.09. The summed E-state index contributed by atoms with van der Waals surface area (Å²) >= 11 is 6.88. The molecular formula is C38H48ClN3O4. The van der Waals surface area contributed by atoms with Gasteiger partial charge in [-0.1, -0.05) is 86.3 Å². The molecule has 2 fully saturated rings. The van der Waals surface area contributed by atoms with Crippen molar-refractivity contribution >= 4 is 23.6 Å². The van der Waals surface area contributed by atoms with Crippen molar-refractivity contribution in [2.75, 3.05) is 19.6 Å². The molecule has 7 nitrogen and oxygen atoms in total. The van der Waals surface area contributed by atoms with Crippen LogP contribution in [-0.4, -0.2) is 52.8 Å². The number of aryl methyl sites for hydroxylation is 1. The Morgan fingerprint density at radius 2 is 1.72 bits per heavy atom. The van der Waals surface area contributed by atoms with Crippen LogP contribution in [0.2, 0.25) is 5.02 Å². The average Bonchev–Trinajstić information content (AvgIpc) is 3.09. The molecule has 2 atom stereocenters. The van der Waals surface area contributed by atoms with Crippen molar-refractivity contribution in [1.82, 2.24) is 15.5 Å². The summed E-state index contributed by atoms with van der Waals surface area (Å²) in [5.74, 6) is -0.297. The van der Waals surface area contributed by atoms with Gasteiger partial charge in [-0.2, -0.15) is 0 Å². The number of likely N-dealkylation sites (tertiary alicyclic amines) is 1. The van der Waals surface area contributed by atoms with Crippen LogP contribution in [0, 0.1) is 5.92 Å². The molecular weight excluding hydrogens is 598 g/mol. The van der Waals surface area contributed by atoms with Gasteiger partial charge in [0, 0.05) is 54.3 Å². The zero-order chi connectivity index (χ0) is 32.5. The summed E-state index contributed by atoms with van der Waals surface area (Å²) in [6, 6.07) is 22.4. The number of hydrogen-bond acceptors (Lipinski definition) is 4. The molecule has 246 valence electrons. The number of aliphatic hydroxyl groups is 1. The van der Waals surface area contributed by atoms with Crippen LogP contribution in [0.5, 0.6) is 0 Å². The maximum atomic E-state index is 13.8. The van der Waals surface area contributed by atoms with Gasteiger partial charge >= 0.3 is 6.09 Å². The highest BCUT2D eigenvalue weighted by molar-refractivity contribution is 6.33. The topological polar surface area (TPSA) is 102 Å². The van der Waals surface area contributed by atoms with Gasteiger partial charge in [-0.25, -0.2) is 4.79 Å². The van der Waals surface area contributed by atoms with Crippen molar-refractivity contribution in [3.05, 3.63) is 94.0 Å². The van der Waals surface area contributed by atoms with Crippen molar-refractivity contribution in [2.45, 2.75) is 89.3 Å². The molecule has 1 saturated heterocycles. The first-order chi connectivity index (χ1) is 22.3. The first-order valence-electron chi connectivity index (χ1n) is 17.0. The predicted octanol–water partition coefficient (Wildman–Crippen LogP) is 7.78. The second-order valence-electron chi connectivity index (χ2n) is 13.0. The number of halogens is 1. The van der Waals surface area contributed by atoms with Crippen LogP contribution in [0.3, 0.4) is 0 Å². The van der Waals surface area contributed by atoms with E-state index in [0.29, 0.717) is 42.6 Å². The Hall–Kier alpha value is -3.39. The molecule has 0 aromatic heterocycles. The fourth-order valence-corrected chi connectivity index (χ4v) is 7.59. The van der Waals surface area contributed by atoms with Gasteiger partial charge < -0.3 is 25.7 Å². The first-order valence-corrected chi connectivity index (χ1v) is 17.4. The van der Waals surface area contributed by atoms with Crippen LogP contribution in [0.25, 0.3) is 11.1 Å². The van der Waals surface area contributed by atoms with E-state index in [0.717, 1.165) is 42.5 Å². The van der Waals surface area contributed by atoms with E-state index >= 15 is 0 Å². The summed E-state index contributed by atoms with van der Waals surface area (Å²) in [4.78, 5) is 26.9.